The van der Waals surface area contributed by atoms with E-state index in [-0.39, 0.29) is 24.8 Å². The van der Waals surface area contributed by atoms with Gasteiger partial charge < -0.3 is 15.0 Å². The van der Waals surface area contributed by atoms with Crippen molar-refractivity contribution in [2.24, 2.45) is 0 Å². The van der Waals surface area contributed by atoms with Crippen LogP contribution in [-0.4, -0.2) is 57.1 Å². The maximum atomic E-state index is 13.3. The highest BCUT2D eigenvalue weighted by Crippen LogP contribution is 2.22. The van der Waals surface area contributed by atoms with E-state index in [2.05, 4.69) is 5.32 Å². The van der Waals surface area contributed by atoms with Crippen LogP contribution in [0.5, 0.6) is 5.75 Å². The highest BCUT2D eigenvalue weighted by molar-refractivity contribution is 7.92. The summed E-state index contributed by atoms with van der Waals surface area (Å²) in [7, 11) is -3.55. The quantitative estimate of drug-likeness (QED) is 0.410. The number of carbonyl (C=O) groups excluding carboxylic acids is 2. The van der Waals surface area contributed by atoms with E-state index in [0.29, 0.717) is 37.6 Å². The van der Waals surface area contributed by atoms with Crippen LogP contribution in [0.25, 0.3) is 0 Å². The molecule has 0 aromatic heterocycles. The summed E-state index contributed by atoms with van der Waals surface area (Å²) >= 11 is 0. The molecule has 1 atom stereocenters. The van der Waals surface area contributed by atoms with Gasteiger partial charge in [-0.05, 0) is 63.4 Å². The van der Waals surface area contributed by atoms with Crippen LogP contribution in [0.2, 0.25) is 0 Å². The Morgan fingerprint density at radius 2 is 1.78 bits per heavy atom. The molecule has 9 heteroatoms. The van der Waals surface area contributed by atoms with Crippen molar-refractivity contribution in [3.8, 4) is 5.75 Å². The highest BCUT2D eigenvalue weighted by Gasteiger charge is 2.26. The standard InChI is InChI=1S/C27H39N3O5S/c1-6-17-28-27(32)22(4)29(20-23-11-8-10-21(3)19-23)26(31)12-9-18-30(36(5,33)34)24-13-15-25(16-14-24)35-7-2/h8,10-11,13-16,19,22H,6-7,9,12,17-18,20H2,1-5H3,(H,28,32)/t22-/m1/s1. The van der Waals surface area contributed by atoms with E-state index in [1.807, 2.05) is 45.0 Å². The fourth-order valence-corrected chi connectivity index (χ4v) is 4.83. The lowest BCUT2D eigenvalue weighted by molar-refractivity contribution is -0.140. The first-order valence-corrected chi connectivity index (χ1v) is 14.2. The summed E-state index contributed by atoms with van der Waals surface area (Å²) in [4.78, 5) is 27.5. The number of hydrogen-bond donors (Lipinski definition) is 1. The second-order valence-electron chi connectivity index (χ2n) is 8.84. The number of amides is 2. The minimum atomic E-state index is -3.55. The Morgan fingerprint density at radius 3 is 2.36 bits per heavy atom. The summed E-state index contributed by atoms with van der Waals surface area (Å²) in [5.41, 5.74) is 2.52. The monoisotopic (exact) mass is 517 g/mol. The molecule has 0 saturated heterocycles. The van der Waals surface area contributed by atoms with Gasteiger partial charge in [-0.3, -0.25) is 13.9 Å². The predicted octanol–water partition coefficient (Wildman–Crippen LogP) is 3.88. The number of anilines is 1. The van der Waals surface area contributed by atoms with E-state index >= 15 is 0 Å². The Hall–Kier alpha value is -3.07. The molecule has 2 amide bonds. The van der Waals surface area contributed by atoms with Crippen LogP contribution in [-0.2, 0) is 26.2 Å². The zero-order valence-electron chi connectivity index (χ0n) is 22.0. The lowest BCUT2D eigenvalue weighted by Gasteiger charge is -2.29. The topological polar surface area (TPSA) is 96.0 Å². The van der Waals surface area contributed by atoms with E-state index in [0.717, 1.165) is 23.8 Å². The van der Waals surface area contributed by atoms with Gasteiger partial charge in [0, 0.05) is 26.1 Å². The first-order valence-electron chi connectivity index (χ1n) is 12.4. The summed E-state index contributed by atoms with van der Waals surface area (Å²) in [5.74, 6) is 0.257. The Kier molecular flexibility index (Phi) is 11.2. The summed E-state index contributed by atoms with van der Waals surface area (Å²) in [6.07, 6.45) is 2.37. The van der Waals surface area contributed by atoms with Crippen molar-refractivity contribution in [2.45, 2.75) is 59.5 Å². The molecule has 2 aromatic rings. The average molecular weight is 518 g/mol. The number of aryl methyl sites for hydroxylation is 1. The minimum Gasteiger partial charge on any atom is -0.494 e. The molecular formula is C27H39N3O5S. The van der Waals surface area contributed by atoms with E-state index in [4.69, 9.17) is 4.74 Å². The average Bonchev–Trinajstić information content (AvgIpc) is 2.83. The van der Waals surface area contributed by atoms with Crippen molar-refractivity contribution in [2.75, 3.05) is 30.3 Å². The molecule has 2 rings (SSSR count). The number of nitrogens with zero attached hydrogens (tertiary/aromatic N) is 2. The van der Waals surface area contributed by atoms with Crippen LogP contribution in [0.15, 0.2) is 48.5 Å². The molecule has 0 radical (unpaired) electrons. The molecule has 0 fully saturated rings. The first-order chi connectivity index (χ1) is 17.1. The third kappa shape index (κ3) is 8.86. The summed E-state index contributed by atoms with van der Waals surface area (Å²) in [6, 6.07) is 14.0. The Bertz CT molecular complexity index is 1100. The lowest BCUT2D eigenvalue weighted by atomic mass is 10.1. The molecule has 8 nitrogen and oxygen atoms in total. The number of nitrogens with one attached hydrogen (secondary N) is 1. The molecule has 0 unspecified atom stereocenters. The predicted molar refractivity (Wildman–Crippen MR) is 144 cm³/mol. The number of ether oxygens (including phenoxy) is 1. The smallest absolute Gasteiger partial charge is 0.242 e. The van der Waals surface area contributed by atoms with Gasteiger partial charge in [-0.1, -0.05) is 36.8 Å². The lowest BCUT2D eigenvalue weighted by Crippen LogP contribution is -2.47. The van der Waals surface area contributed by atoms with Crippen molar-refractivity contribution in [1.29, 1.82) is 0 Å². The minimum absolute atomic E-state index is 0.111. The molecule has 0 aliphatic rings. The van der Waals surface area contributed by atoms with Crippen molar-refractivity contribution >= 4 is 27.5 Å². The van der Waals surface area contributed by atoms with E-state index in [1.165, 1.54) is 4.31 Å². The maximum Gasteiger partial charge on any atom is 0.242 e. The van der Waals surface area contributed by atoms with Crippen molar-refractivity contribution in [1.82, 2.24) is 10.2 Å². The third-order valence-electron chi connectivity index (χ3n) is 5.74. The van der Waals surface area contributed by atoms with Crippen LogP contribution in [0, 0.1) is 6.92 Å². The highest BCUT2D eigenvalue weighted by atomic mass is 32.2. The number of carbonyl (C=O) groups is 2. The molecule has 2 aromatic carbocycles. The van der Waals surface area contributed by atoms with Crippen LogP contribution in [0.4, 0.5) is 5.69 Å². The van der Waals surface area contributed by atoms with Crippen LogP contribution in [0.3, 0.4) is 0 Å². The largest absolute Gasteiger partial charge is 0.494 e. The normalized spacial score (nSPS) is 12.0. The van der Waals surface area contributed by atoms with Gasteiger partial charge in [-0.15, -0.1) is 0 Å². The number of rotatable bonds is 14. The van der Waals surface area contributed by atoms with Crippen molar-refractivity contribution in [3.63, 3.8) is 0 Å². The van der Waals surface area contributed by atoms with E-state index in [1.54, 1.807) is 36.1 Å². The molecule has 1 N–H and O–H groups in total. The van der Waals surface area contributed by atoms with Gasteiger partial charge in [0.2, 0.25) is 21.8 Å². The molecule has 36 heavy (non-hydrogen) atoms. The molecule has 0 heterocycles. The number of benzene rings is 2. The van der Waals surface area contributed by atoms with Crippen LogP contribution in [0.1, 0.15) is 51.2 Å². The Balaban J connectivity index is 2.14. The summed E-state index contributed by atoms with van der Waals surface area (Å²) in [5, 5.41) is 2.86. The Morgan fingerprint density at radius 1 is 1.08 bits per heavy atom. The van der Waals surface area contributed by atoms with Gasteiger partial charge >= 0.3 is 0 Å². The maximum absolute atomic E-state index is 13.3. The second-order valence-corrected chi connectivity index (χ2v) is 10.8. The van der Waals surface area contributed by atoms with Gasteiger partial charge in [-0.25, -0.2) is 8.42 Å². The first kappa shape index (κ1) is 29.2. The van der Waals surface area contributed by atoms with Gasteiger partial charge in [0.05, 0.1) is 18.6 Å². The van der Waals surface area contributed by atoms with E-state index < -0.39 is 16.1 Å². The molecule has 0 aliphatic carbocycles. The van der Waals surface area contributed by atoms with Gasteiger partial charge in [0.1, 0.15) is 11.8 Å². The third-order valence-corrected chi connectivity index (χ3v) is 6.93. The molecule has 0 bridgehead atoms. The number of hydrogen-bond acceptors (Lipinski definition) is 5. The summed E-state index contributed by atoms with van der Waals surface area (Å²) < 4.78 is 31.7. The SMILES string of the molecule is CCCNC(=O)[C@@H](C)N(Cc1cccc(C)c1)C(=O)CCCN(c1ccc(OCC)cc1)S(C)(=O)=O. The van der Waals surface area contributed by atoms with Gasteiger partial charge in [0.15, 0.2) is 0 Å². The van der Waals surface area contributed by atoms with Crippen molar-refractivity contribution < 1.29 is 22.7 Å². The zero-order valence-corrected chi connectivity index (χ0v) is 22.8. The molecule has 0 saturated carbocycles. The molecule has 0 aliphatic heterocycles. The van der Waals surface area contributed by atoms with Gasteiger partial charge in [0.25, 0.3) is 0 Å². The van der Waals surface area contributed by atoms with Gasteiger partial charge in [-0.2, -0.15) is 0 Å². The second kappa shape index (κ2) is 13.9. The fraction of sp³-hybridized carbons (Fsp3) is 0.481. The Labute approximate surface area is 215 Å². The molecule has 0 spiro atoms. The zero-order chi connectivity index (χ0) is 26.7. The number of sulfonamides is 1. The van der Waals surface area contributed by atoms with Crippen LogP contribution < -0.4 is 14.4 Å². The molecule has 198 valence electrons. The van der Waals surface area contributed by atoms with Crippen LogP contribution >= 0.6 is 0 Å². The molecular weight excluding hydrogens is 478 g/mol. The van der Waals surface area contributed by atoms with Crippen molar-refractivity contribution in [3.05, 3.63) is 59.7 Å². The fourth-order valence-electron chi connectivity index (χ4n) is 3.86. The summed E-state index contributed by atoms with van der Waals surface area (Å²) in [6.45, 7) is 9.06. The van der Waals surface area contributed by atoms with E-state index in [9.17, 15) is 18.0 Å².